The van der Waals surface area contributed by atoms with E-state index in [2.05, 4.69) is 5.32 Å². The van der Waals surface area contributed by atoms with Gasteiger partial charge in [-0.05, 0) is 40.0 Å². The van der Waals surface area contributed by atoms with Crippen molar-refractivity contribution in [1.82, 2.24) is 5.32 Å². The van der Waals surface area contributed by atoms with Gasteiger partial charge in [-0.15, -0.1) is 0 Å². The molecule has 0 aromatic heterocycles. The first-order valence-corrected chi connectivity index (χ1v) is 24.4. The minimum absolute atomic E-state index is 0.123. The normalized spacial score (nSPS) is 42.9. The van der Waals surface area contributed by atoms with Gasteiger partial charge in [-0.25, -0.2) is 0 Å². The molecule has 2 saturated heterocycles. The second-order valence-corrected chi connectivity index (χ2v) is 19.6. The van der Waals surface area contributed by atoms with Crippen LogP contribution in [0.3, 0.4) is 0 Å². The summed E-state index contributed by atoms with van der Waals surface area (Å²) in [5.74, 6) is -6.23. The Morgan fingerprint density at radius 1 is 0.704 bits per heavy atom. The van der Waals surface area contributed by atoms with Gasteiger partial charge in [-0.3, -0.25) is 9.59 Å². The van der Waals surface area contributed by atoms with Crippen LogP contribution < -0.4 is 11.1 Å². The number of hydrogen-bond acceptors (Lipinski definition) is 19. The van der Waals surface area contributed by atoms with E-state index in [9.17, 15) is 70.9 Å². The average Bonchev–Trinajstić information content (AvgIpc) is 3.30. The van der Waals surface area contributed by atoms with Gasteiger partial charge in [-0.1, -0.05) is 98.9 Å². The molecule has 0 saturated carbocycles. The van der Waals surface area contributed by atoms with Gasteiger partial charge in [0.05, 0.1) is 104 Å². The Morgan fingerprint density at radius 2 is 1.27 bits per heavy atom. The summed E-state index contributed by atoms with van der Waals surface area (Å²) in [5.41, 5.74) is 4.55. The third-order valence-electron chi connectivity index (χ3n) is 13.2. The van der Waals surface area contributed by atoms with Crippen molar-refractivity contribution in [3.8, 4) is 0 Å². The summed E-state index contributed by atoms with van der Waals surface area (Å²) in [6, 6.07) is -1.17. The highest BCUT2D eigenvalue weighted by Crippen LogP contribution is 2.38. The second kappa shape index (κ2) is 30.0. The Hall–Kier alpha value is -3.52. The average molecular weight is 1010 g/mol. The predicted octanol–water partition coefficient (Wildman–Crippen LogP) is -0.513. The molecule has 15 N–H and O–H groups in total. The van der Waals surface area contributed by atoms with E-state index in [-0.39, 0.29) is 31.6 Å². The molecule has 2 bridgehead atoms. The fourth-order valence-electron chi connectivity index (χ4n) is 8.50. The van der Waals surface area contributed by atoms with Crippen molar-refractivity contribution in [2.45, 2.75) is 189 Å². The summed E-state index contributed by atoms with van der Waals surface area (Å²) in [7, 11) is 0. The molecule has 20 nitrogen and oxygen atoms in total. The maximum Gasteiger partial charge on any atom is 0.308 e. The maximum atomic E-state index is 13.9. The van der Waals surface area contributed by atoms with Gasteiger partial charge in [0.2, 0.25) is 5.91 Å². The number of ether oxygens (including phenoxy) is 4. The highest BCUT2D eigenvalue weighted by Gasteiger charge is 2.51. The molecule has 0 spiro atoms. The number of cyclic esters (lactones) is 1. The summed E-state index contributed by atoms with van der Waals surface area (Å²) in [4.78, 5) is 26.6. The molecule has 0 aromatic rings. The Morgan fingerprint density at radius 3 is 1.85 bits per heavy atom. The molecule has 404 valence electrons. The lowest BCUT2D eigenvalue weighted by molar-refractivity contribution is -0.307. The quantitative estimate of drug-likeness (QED) is 0.149. The van der Waals surface area contributed by atoms with Crippen molar-refractivity contribution in [1.29, 1.82) is 0 Å². The van der Waals surface area contributed by atoms with Crippen LogP contribution in [0.25, 0.3) is 0 Å². The molecule has 0 radical (unpaired) electrons. The van der Waals surface area contributed by atoms with Crippen LogP contribution in [0.1, 0.15) is 86.0 Å². The summed E-state index contributed by atoms with van der Waals surface area (Å²) < 4.78 is 23.6. The van der Waals surface area contributed by atoms with Crippen LogP contribution in [0, 0.1) is 17.8 Å². The topological polar surface area (TPSA) is 352 Å². The Balaban J connectivity index is 1.96. The number of carbonyl (C=O) groups is 2. The lowest BCUT2D eigenvalue weighted by Gasteiger charge is -2.46. The fraction of sp³-hybridized carbons (Fsp3) is 0.686. The largest absolute Gasteiger partial charge is 0.462 e. The van der Waals surface area contributed by atoms with Gasteiger partial charge in [0.25, 0.3) is 0 Å². The number of carbonyl (C=O) groups excluding carboxylic acids is 2. The maximum absolute atomic E-state index is 13.9. The molecule has 3 rings (SSSR count). The summed E-state index contributed by atoms with van der Waals surface area (Å²) in [6.45, 7) is 6.73. The van der Waals surface area contributed by atoms with E-state index >= 15 is 0 Å². The Labute approximate surface area is 416 Å². The first-order valence-electron chi connectivity index (χ1n) is 24.4. The van der Waals surface area contributed by atoms with Crippen LogP contribution in [-0.4, -0.2) is 189 Å². The monoisotopic (exact) mass is 1010 g/mol. The molecule has 2 fully saturated rings. The highest BCUT2D eigenvalue weighted by atomic mass is 16.7. The first-order chi connectivity index (χ1) is 33.4. The van der Waals surface area contributed by atoms with Gasteiger partial charge in [-0.2, -0.15) is 0 Å². The number of esters is 1. The van der Waals surface area contributed by atoms with Crippen LogP contribution in [0.5, 0.6) is 0 Å². The van der Waals surface area contributed by atoms with Crippen molar-refractivity contribution in [2.24, 2.45) is 23.5 Å². The SMILES string of the molecule is C[C@@H]1[C@H](O)[C@@H](C)/C=C/C=C/C=C/C=C/C=C/C=C/C=C/[C@H](O[C@@H]2O[C@H](C)[C@@H](O)[C@H](N)[C@@H]2O)C[C@@H]2O[C@](O)(C[C@@H](O)C[C@@H](O)[C@H](O)CC[C@@H](O)C[C@@H](O)CC(=O)O[C@H]1C)C[C@H](O)C2C(=O)NC(C)(CO)CO. The van der Waals surface area contributed by atoms with Gasteiger partial charge >= 0.3 is 5.97 Å². The van der Waals surface area contributed by atoms with Gasteiger partial charge < -0.3 is 91.3 Å². The standard InChI is InChI=1S/C51H82N2O18/c1-30-18-16-14-12-10-8-6-7-9-11-13-15-17-19-37(70-49-47(65)44(52)46(64)33(4)69-49)25-41-43(48(66)53-50(5,28-54)29-55)40(61)27-51(67,71-41)26-36(58)23-39(60)38(59)21-20-34(56)22-35(57)24-42(62)68-32(3)31(2)45(30)63/h6-19,30-41,43-47,49,54-61,63-65,67H,20-29,52H2,1-5H3,(H,53,66)/b7-6+,10-8+,11-9+,14-12+,15-13+,18-16+,19-17+/t30-,31-,32-,33+,34+,35+,36-,37-,38+,39+,40-,41-,43?,44-,45+,46+,47-,49-,51+/m0/s1. The lowest BCUT2D eigenvalue weighted by atomic mass is 9.81. The molecule has 20 heteroatoms. The van der Waals surface area contributed by atoms with Gasteiger partial charge in [0.1, 0.15) is 12.2 Å². The highest BCUT2D eigenvalue weighted by molar-refractivity contribution is 5.81. The molecule has 0 aromatic carbocycles. The Kier molecular flexibility index (Phi) is 26.1. The van der Waals surface area contributed by atoms with Crippen molar-refractivity contribution < 1.29 is 89.8 Å². The lowest BCUT2D eigenvalue weighted by Crippen LogP contribution is -2.62. The third-order valence-corrected chi connectivity index (χ3v) is 13.2. The third kappa shape index (κ3) is 20.4. The van der Waals surface area contributed by atoms with Crippen LogP contribution >= 0.6 is 0 Å². The van der Waals surface area contributed by atoms with Crippen molar-refractivity contribution in [3.63, 3.8) is 0 Å². The number of nitrogens with one attached hydrogen (secondary N) is 1. The molecule has 3 aliphatic heterocycles. The number of hydrogen-bond donors (Lipinski definition) is 14. The van der Waals surface area contributed by atoms with Crippen LogP contribution in [-0.2, 0) is 28.5 Å². The minimum Gasteiger partial charge on any atom is -0.462 e. The molecule has 1 unspecified atom stereocenters. The molecular formula is C51H82N2O18. The number of amides is 1. The number of fused-ring (bicyclic) bond motifs is 2. The smallest absolute Gasteiger partial charge is 0.308 e. The van der Waals surface area contributed by atoms with Crippen molar-refractivity contribution >= 4 is 11.9 Å². The molecule has 3 aliphatic rings. The zero-order valence-electron chi connectivity index (χ0n) is 41.4. The zero-order valence-corrected chi connectivity index (χ0v) is 41.4. The van der Waals surface area contributed by atoms with E-state index in [0.717, 1.165) is 0 Å². The number of allylic oxidation sites excluding steroid dienone is 12. The van der Waals surface area contributed by atoms with Crippen molar-refractivity contribution in [3.05, 3.63) is 85.1 Å². The number of aliphatic hydroxyl groups excluding tert-OH is 11. The minimum atomic E-state index is -2.36. The number of nitrogens with two attached hydrogens (primary N) is 1. The number of rotatable bonds is 6. The second-order valence-electron chi connectivity index (χ2n) is 19.6. The van der Waals surface area contributed by atoms with Crippen LogP contribution in [0.4, 0.5) is 0 Å². The van der Waals surface area contributed by atoms with Gasteiger partial charge in [0.15, 0.2) is 12.1 Å². The predicted molar refractivity (Wildman–Crippen MR) is 260 cm³/mol. The van der Waals surface area contributed by atoms with Crippen LogP contribution in [0.2, 0.25) is 0 Å². The molecule has 0 aliphatic carbocycles. The Bertz CT molecular complexity index is 1820. The summed E-state index contributed by atoms with van der Waals surface area (Å²) in [6.07, 6.45) is 3.09. The van der Waals surface area contributed by atoms with Crippen molar-refractivity contribution in [2.75, 3.05) is 13.2 Å². The first kappa shape index (κ1) is 61.8. The number of aliphatic hydroxyl groups is 12. The van der Waals surface area contributed by atoms with E-state index in [4.69, 9.17) is 24.7 Å². The van der Waals surface area contributed by atoms with E-state index in [0.29, 0.717) is 0 Å². The summed E-state index contributed by atoms with van der Waals surface area (Å²) in [5, 5.41) is 132. The molecule has 71 heavy (non-hydrogen) atoms. The zero-order chi connectivity index (χ0) is 53.1. The van der Waals surface area contributed by atoms with E-state index in [1.807, 2.05) is 13.0 Å². The van der Waals surface area contributed by atoms with Gasteiger partial charge in [0, 0.05) is 37.5 Å². The van der Waals surface area contributed by atoms with E-state index in [1.165, 1.54) is 19.9 Å². The van der Waals surface area contributed by atoms with E-state index in [1.54, 1.807) is 86.8 Å². The molecule has 3 heterocycles. The van der Waals surface area contributed by atoms with E-state index < -0.39 is 166 Å². The fourth-order valence-corrected chi connectivity index (χ4v) is 8.50. The molecular weight excluding hydrogens is 929 g/mol. The summed E-state index contributed by atoms with van der Waals surface area (Å²) >= 11 is 0. The molecule has 1 amide bonds. The molecule has 19 atom stereocenters. The van der Waals surface area contributed by atoms with Crippen LogP contribution in [0.15, 0.2) is 85.1 Å².